The molecule has 0 saturated carbocycles. The van der Waals surface area contributed by atoms with E-state index in [0.29, 0.717) is 0 Å². The van der Waals surface area contributed by atoms with Crippen LogP contribution in [0.5, 0.6) is 0 Å². The van der Waals surface area contributed by atoms with Crippen LogP contribution in [0.4, 0.5) is 0 Å². The van der Waals surface area contributed by atoms with Crippen LogP contribution in [0, 0.1) is 0 Å². The summed E-state index contributed by atoms with van der Waals surface area (Å²) in [4.78, 5) is 11.1. The number of fused-ring (bicyclic) bond motifs is 1. The molecule has 20 heavy (non-hydrogen) atoms. The van der Waals surface area contributed by atoms with Crippen LogP contribution in [0.3, 0.4) is 0 Å². The minimum atomic E-state index is 0.120. The molecule has 1 aliphatic carbocycles. The lowest BCUT2D eigenvalue weighted by molar-refractivity contribution is 0.112. The lowest BCUT2D eigenvalue weighted by atomic mass is 9.72. The smallest absolute Gasteiger partial charge is 0.150 e. The number of aldehydes is 1. The molecule has 2 aromatic carbocycles. The minimum Gasteiger partial charge on any atom is -0.298 e. The van der Waals surface area contributed by atoms with E-state index in [4.69, 9.17) is 0 Å². The number of hydrogen-bond donors (Lipinski definition) is 0. The highest BCUT2D eigenvalue weighted by Crippen LogP contribution is 2.41. The highest BCUT2D eigenvalue weighted by Gasteiger charge is 2.28. The topological polar surface area (TPSA) is 17.1 Å². The van der Waals surface area contributed by atoms with Crippen LogP contribution in [0.2, 0.25) is 0 Å². The van der Waals surface area contributed by atoms with Gasteiger partial charge in [-0.15, -0.1) is 0 Å². The molecule has 0 heterocycles. The van der Waals surface area contributed by atoms with Crippen molar-refractivity contribution >= 4 is 11.9 Å². The molecule has 1 nitrogen and oxygen atoms in total. The van der Waals surface area contributed by atoms with Crippen molar-refractivity contribution in [2.24, 2.45) is 0 Å². The first kappa shape index (κ1) is 12.9. The molecule has 0 unspecified atom stereocenters. The fraction of sp³-hybridized carbons (Fsp3) is 0.211. The summed E-state index contributed by atoms with van der Waals surface area (Å²) in [5.74, 6) is 0. The van der Waals surface area contributed by atoms with Crippen molar-refractivity contribution in [1.29, 1.82) is 0 Å². The summed E-state index contributed by atoms with van der Waals surface area (Å²) in [6, 6.07) is 16.4. The molecule has 0 fully saturated rings. The number of allylic oxidation sites excluding steroid dienone is 1. The summed E-state index contributed by atoms with van der Waals surface area (Å²) in [5.41, 5.74) is 5.83. The van der Waals surface area contributed by atoms with Crippen LogP contribution >= 0.6 is 0 Å². The molecule has 0 N–H and O–H groups in total. The second-order valence-electron chi connectivity index (χ2n) is 5.99. The molecule has 100 valence electrons. The molecule has 0 aromatic heterocycles. The van der Waals surface area contributed by atoms with Crippen LogP contribution in [-0.2, 0) is 5.41 Å². The first-order chi connectivity index (χ1) is 9.62. The van der Waals surface area contributed by atoms with Crippen molar-refractivity contribution < 1.29 is 4.79 Å². The van der Waals surface area contributed by atoms with Gasteiger partial charge >= 0.3 is 0 Å². The number of carbonyl (C=O) groups is 1. The van der Waals surface area contributed by atoms with Crippen LogP contribution in [0.15, 0.2) is 54.6 Å². The zero-order valence-electron chi connectivity index (χ0n) is 11.9. The quantitative estimate of drug-likeness (QED) is 0.722. The molecule has 0 amide bonds. The maximum atomic E-state index is 11.1. The second kappa shape index (κ2) is 4.75. The molecule has 0 radical (unpaired) electrons. The van der Waals surface area contributed by atoms with E-state index in [1.165, 1.54) is 22.3 Å². The van der Waals surface area contributed by atoms with Crippen LogP contribution in [-0.4, -0.2) is 6.29 Å². The Hall–Kier alpha value is -2.15. The van der Waals surface area contributed by atoms with Gasteiger partial charge in [0.15, 0.2) is 0 Å². The van der Waals surface area contributed by atoms with Gasteiger partial charge in [-0.1, -0.05) is 62.4 Å². The Kier molecular flexibility index (Phi) is 3.06. The average Bonchev–Trinajstić information content (AvgIpc) is 2.47. The van der Waals surface area contributed by atoms with Crippen molar-refractivity contribution in [3.05, 3.63) is 76.9 Å². The lowest BCUT2D eigenvalue weighted by Crippen LogP contribution is -2.22. The SMILES string of the molecule is CC1(C)CC=C(c2ccccc2)c2cc(C=O)ccc21. The third kappa shape index (κ3) is 2.09. The van der Waals surface area contributed by atoms with E-state index in [-0.39, 0.29) is 5.41 Å². The minimum absolute atomic E-state index is 0.120. The van der Waals surface area contributed by atoms with Gasteiger partial charge in [0.1, 0.15) is 6.29 Å². The van der Waals surface area contributed by atoms with Crippen molar-refractivity contribution in [3.8, 4) is 0 Å². The summed E-state index contributed by atoms with van der Waals surface area (Å²) in [6.45, 7) is 4.51. The van der Waals surface area contributed by atoms with E-state index in [2.05, 4.69) is 50.3 Å². The van der Waals surface area contributed by atoms with Gasteiger partial charge in [-0.3, -0.25) is 4.79 Å². The van der Waals surface area contributed by atoms with Gasteiger partial charge in [-0.25, -0.2) is 0 Å². The summed E-state index contributed by atoms with van der Waals surface area (Å²) < 4.78 is 0. The molecule has 0 saturated heterocycles. The number of benzene rings is 2. The molecule has 0 spiro atoms. The zero-order chi connectivity index (χ0) is 14.2. The van der Waals surface area contributed by atoms with Crippen molar-refractivity contribution in [1.82, 2.24) is 0 Å². The van der Waals surface area contributed by atoms with Gasteiger partial charge in [0, 0.05) is 5.56 Å². The third-order valence-corrected chi connectivity index (χ3v) is 4.10. The molecular formula is C19H18O. The van der Waals surface area contributed by atoms with Gasteiger partial charge in [-0.05, 0) is 40.2 Å². The number of hydrogen-bond acceptors (Lipinski definition) is 1. The fourth-order valence-electron chi connectivity index (χ4n) is 2.92. The Bertz CT molecular complexity index is 678. The highest BCUT2D eigenvalue weighted by molar-refractivity contribution is 5.86. The third-order valence-electron chi connectivity index (χ3n) is 4.10. The first-order valence-electron chi connectivity index (χ1n) is 6.97. The van der Waals surface area contributed by atoms with E-state index in [1.807, 2.05) is 18.2 Å². The lowest BCUT2D eigenvalue weighted by Gasteiger charge is -2.32. The van der Waals surface area contributed by atoms with E-state index < -0.39 is 0 Å². The van der Waals surface area contributed by atoms with Crippen molar-refractivity contribution in [2.45, 2.75) is 25.7 Å². The van der Waals surface area contributed by atoms with Gasteiger partial charge in [-0.2, -0.15) is 0 Å². The van der Waals surface area contributed by atoms with E-state index in [9.17, 15) is 4.79 Å². The Morgan fingerprint density at radius 1 is 1.05 bits per heavy atom. The summed E-state index contributed by atoms with van der Waals surface area (Å²) in [5, 5.41) is 0. The largest absolute Gasteiger partial charge is 0.298 e. The molecule has 1 heteroatoms. The summed E-state index contributed by atoms with van der Waals surface area (Å²) in [6.07, 6.45) is 4.24. The maximum Gasteiger partial charge on any atom is 0.150 e. The first-order valence-corrected chi connectivity index (χ1v) is 6.97. The van der Waals surface area contributed by atoms with Crippen LogP contribution < -0.4 is 0 Å². The molecule has 3 rings (SSSR count). The highest BCUT2D eigenvalue weighted by atomic mass is 16.1. The summed E-state index contributed by atoms with van der Waals surface area (Å²) in [7, 11) is 0. The predicted octanol–water partition coefficient (Wildman–Crippen LogP) is 4.61. The van der Waals surface area contributed by atoms with E-state index >= 15 is 0 Å². The zero-order valence-corrected chi connectivity index (χ0v) is 11.9. The van der Waals surface area contributed by atoms with Crippen molar-refractivity contribution in [3.63, 3.8) is 0 Å². The summed E-state index contributed by atoms with van der Waals surface area (Å²) >= 11 is 0. The van der Waals surface area contributed by atoms with Gasteiger partial charge in [0.05, 0.1) is 0 Å². The van der Waals surface area contributed by atoms with Gasteiger partial charge in [0.25, 0.3) is 0 Å². The molecule has 1 aliphatic rings. The standard InChI is InChI=1S/C19H18O/c1-19(2)11-10-16(15-6-4-3-5-7-15)17-12-14(13-20)8-9-18(17)19/h3-10,12-13H,11H2,1-2H3. The molecule has 0 bridgehead atoms. The average molecular weight is 262 g/mol. The molecular weight excluding hydrogens is 244 g/mol. The molecule has 2 aromatic rings. The van der Waals surface area contributed by atoms with Crippen LogP contribution in [0.1, 0.15) is 47.3 Å². The molecule has 0 atom stereocenters. The maximum absolute atomic E-state index is 11.1. The van der Waals surface area contributed by atoms with Crippen LogP contribution in [0.25, 0.3) is 5.57 Å². The van der Waals surface area contributed by atoms with Gasteiger partial charge in [0.2, 0.25) is 0 Å². The van der Waals surface area contributed by atoms with Crippen molar-refractivity contribution in [2.75, 3.05) is 0 Å². The predicted molar refractivity (Wildman–Crippen MR) is 83.0 cm³/mol. The fourth-order valence-corrected chi connectivity index (χ4v) is 2.92. The normalized spacial score (nSPS) is 16.2. The Labute approximate surface area is 120 Å². The monoisotopic (exact) mass is 262 g/mol. The Balaban J connectivity index is 2.21. The van der Waals surface area contributed by atoms with E-state index in [1.54, 1.807) is 0 Å². The Morgan fingerprint density at radius 3 is 2.50 bits per heavy atom. The Morgan fingerprint density at radius 2 is 1.80 bits per heavy atom. The molecule has 0 aliphatic heterocycles. The van der Waals surface area contributed by atoms with Gasteiger partial charge < -0.3 is 0 Å². The number of carbonyl (C=O) groups excluding carboxylic acids is 1. The van der Waals surface area contributed by atoms with E-state index in [0.717, 1.165) is 18.3 Å². The second-order valence-corrected chi connectivity index (χ2v) is 5.99. The number of rotatable bonds is 2.